The normalized spacial score (nSPS) is 15.5. The summed E-state index contributed by atoms with van der Waals surface area (Å²) in [4.78, 5) is 22.6. The summed E-state index contributed by atoms with van der Waals surface area (Å²) < 4.78 is 22.0. The first kappa shape index (κ1) is 40.7. The van der Waals surface area contributed by atoms with Crippen molar-refractivity contribution in [1.82, 2.24) is 20.2 Å². The number of ether oxygens (including phenoxy) is 4. The molecule has 1 amide bonds. The lowest BCUT2D eigenvalue weighted by molar-refractivity contribution is -0.195. The van der Waals surface area contributed by atoms with Gasteiger partial charge in [-0.1, -0.05) is 51.3 Å². The monoisotopic (exact) mass is 651 g/mol. The molecule has 260 valence electrons. The number of aromatic nitrogens is 2. The number of fused-ring (bicyclic) bond motifs is 1. The van der Waals surface area contributed by atoms with E-state index in [1.54, 1.807) is 21.1 Å². The number of carbonyl (C=O) groups is 1. The highest BCUT2D eigenvalue weighted by atomic mass is 16.5. The number of nitrogens with two attached hydrogens (primary N) is 1. The number of likely N-dealkylation sites (tertiary alicyclic amines) is 1. The van der Waals surface area contributed by atoms with Gasteiger partial charge in [-0.15, -0.1) is 6.58 Å². The highest BCUT2D eigenvalue weighted by Crippen LogP contribution is 2.37. The van der Waals surface area contributed by atoms with E-state index in [1.807, 2.05) is 63.0 Å². The summed E-state index contributed by atoms with van der Waals surface area (Å²) in [7, 11) is 3.17. The summed E-state index contributed by atoms with van der Waals surface area (Å²) in [5, 5.41) is 4.73. The quantitative estimate of drug-likeness (QED) is 0.172. The summed E-state index contributed by atoms with van der Waals surface area (Å²) in [6.45, 7) is 24.3. The Morgan fingerprint density at radius 2 is 1.83 bits per heavy atom. The number of unbranched alkanes of at least 4 members (excludes halogenated alkanes) is 1. The number of amides is 1. The highest BCUT2D eigenvalue weighted by Gasteiger charge is 2.50. The van der Waals surface area contributed by atoms with E-state index in [2.05, 4.69) is 41.1 Å². The fourth-order valence-electron chi connectivity index (χ4n) is 4.71. The molecule has 0 aromatic carbocycles. The molecule has 3 aliphatic rings. The molecule has 2 aliphatic heterocycles. The van der Waals surface area contributed by atoms with Crippen LogP contribution in [-0.4, -0.2) is 67.9 Å². The number of nitrogens with zero attached hydrogens (tertiary/aromatic N) is 3. The van der Waals surface area contributed by atoms with Gasteiger partial charge in [-0.05, 0) is 57.9 Å². The first-order valence-corrected chi connectivity index (χ1v) is 16.2. The molecular formula is C37H57N5O5. The van der Waals surface area contributed by atoms with Crippen LogP contribution in [0.1, 0.15) is 66.7 Å². The van der Waals surface area contributed by atoms with Gasteiger partial charge in [-0.2, -0.15) is 0 Å². The number of allylic oxidation sites excluding steroid dienone is 8. The van der Waals surface area contributed by atoms with E-state index >= 15 is 0 Å². The van der Waals surface area contributed by atoms with E-state index in [4.69, 9.17) is 24.7 Å². The Labute approximate surface area is 282 Å². The summed E-state index contributed by atoms with van der Waals surface area (Å²) >= 11 is 0. The molecule has 47 heavy (non-hydrogen) atoms. The first-order chi connectivity index (χ1) is 22.6. The van der Waals surface area contributed by atoms with Crippen molar-refractivity contribution in [2.45, 2.75) is 66.7 Å². The Morgan fingerprint density at radius 1 is 1.15 bits per heavy atom. The van der Waals surface area contributed by atoms with Crippen LogP contribution < -0.4 is 26.4 Å². The van der Waals surface area contributed by atoms with Crippen LogP contribution in [0.25, 0.3) is 12.2 Å². The van der Waals surface area contributed by atoms with Gasteiger partial charge in [-0.25, -0.2) is 9.97 Å². The summed E-state index contributed by atoms with van der Waals surface area (Å²) in [5.74, 6) is 2.01. The Morgan fingerprint density at radius 3 is 2.38 bits per heavy atom. The third kappa shape index (κ3) is 14.3. The Kier molecular flexibility index (Phi) is 19.3. The molecule has 1 spiro atoms. The average Bonchev–Trinajstić information content (AvgIpc) is 3.18. The van der Waals surface area contributed by atoms with Gasteiger partial charge in [0.1, 0.15) is 12.1 Å². The smallest absolute Gasteiger partial charge is 0.224 e. The van der Waals surface area contributed by atoms with Crippen molar-refractivity contribution in [3.8, 4) is 5.88 Å². The van der Waals surface area contributed by atoms with Crippen LogP contribution in [0.15, 0.2) is 79.0 Å². The lowest BCUT2D eigenvalue weighted by atomic mass is 9.78. The zero-order valence-corrected chi connectivity index (χ0v) is 29.7. The SMILES string of the molecule is C=C(C)N.C=CCC/C=C(/C)NC(=C)/C=C\C.CC.COC1=C(OCCCC(=O)N2CC3(COC3)C2)CC=c2ncnc(OC)c2=C1. The van der Waals surface area contributed by atoms with Crippen LogP contribution in [0, 0.1) is 5.41 Å². The number of hydrogen-bond acceptors (Lipinski definition) is 9. The number of carbonyl (C=O) groups excluding carboxylic acids is 1. The second kappa shape index (κ2) is 22.3. The van der Waals surface area contributed by atoms with Crippen LogP contribution in [0.3, 0.4) is 0 Å². The standard InChI is InChI=1S/C20H25N3O5.C12H19N.C3H7N.C2H6/c1-25-17-8-14-15(21-13-22-19(14)26-2)5-6-16(17)28-7-3-4-18(24)23-9-20(10-23)11-27-12-20;1-5-7-8-10-12(4)13-11(3)9-6-2;1-3(2)4;1-2/h5,8,13H,3-4,6-7,9-12H2,1-2H3;5-6,9-10,13H,1,3,7-8H2,2,4H3;1,4H2,2H3;1-2H3/b;9-6-,12-10-;;. The van der Waals surface area contributed by atoms with Gasteiger partial charge in [0.15, 0.2) is 5.76 Å². The van der Waals surface area contributed by atoms with Gasteiger partial charge >= 0.3 is 0 Å². The average molecular weight is 652 g/mol. The minimum absolute atomic E-state index is 0.188. The van der Waals surface area contributed by atoms with Crippen molar-refractivity contribution in [1.29, 1.82) is 0 Å². The second-order valence-corrected chi connectivity index (χ2v) is 11.2. The first-order valence-electron chi connectivity index (χ1n) is 16.2. The molecule has 1 aromatic rings. The highest BCUT2D eigenvalue weighted by molar-refractivity contribution is 5.77. The van der Waals surface area contributed by atoms with Gasteiger partial charge < -0.3 is 34.9 Å². The van der Waals surface area contributed by atoms with E-state index < -0.39 is 0 Å². The van der Waals surface area contributed by atoms with Gasteiger partial charge in [0.25, 0.3) is 0 Å². The zero-order chi connectivity index (χ0) is 35.2. The number of rotatable bonds is 13. The Balaban J connectivity index is 0.000000488. The summed E-state index contributed by atoms with van der Waals surface area (Å²) in [5.41, 5.74) is 7.91. The van der Waals surface area contributed by atoms with E-state index in [-0.39, 0.29) is 11.3 Å². The Hall–Kier alpha value is -4.31. The molecule has 2 saturated heterocycles. The molecule has 1 aliphatic carbocycles. The van der Waals surface area contributed by atoms with Crippen molar-refractivity contribution < 1.29 is 23.7 Å². The zero-order valence-electron chi connectivity index (χ0n) is 29.7. The van der Waals surface area contributed by atoms with Crippen molar-refractivity contribution in [3.05, 3.63) is 89.5 Å². The number of nitrogens with one attached hydrogen (secondary N) is 1. The topological polar surface area (TPSA) is 121 Å². The third-order valence-electron chi connectivity index (χ3n) is 6.90. The van der Waals surface area contributed by atoms with E-state index in [9.17, 15) is 4.79 Å². The van der Waals surface area contributed by atoms with Gasteiger partial charge in [-0.3, -0.25) is 4.79 Å². The minimum Gasteiger partial charge on any atom is -0.494 e. The summed E-state index contributed by atoms with van der Waals surface area (Å²) in [6, 6.07) is 0. The predicted molar refractivity (Wildman–Crippen MR) is 191 cm³/mol. The van der Waals surface area contributed by atoms with Gasteiger partial charge in [0, 0.05) is 37.3 Å². The lowest BCUT2D eigenvalue weighted by Crippen LogP contribution is -2.67. The second-order valence-electron chi connectivity index (χ2n) is 11.2. The molecule has 4 rings (SSSR count). The van der Waals surface area contributed by atoms with Crippen LogP contribution in [0.4, 0.5) is 0 Å². The molecule has 3 N–H and O–H groups in total. The van der Waals surface area contributed by atoms with Crippen LogP contribution in [-0.2, 0) is 19.0 Å². The minimum atomic E-state index is 0.188. The Bertz CT molecular complexity index is 1380. The molecule has 1 aromatic heterocycles. The predicted octanol–water partition coefficient (Wildman–Crippen LogP) is 5.00. The molecule has 10 heteroatoms. The molecule has 3 heterocycles. The molecule has 0 radical (unpaired) electrons. The number of hydrogen-bond donors (Lipinski definition) is 2. The van der Waals surface area contributed by atoms with E-state index in [0.717, 1.165) is 61.1 Å². The molecule has 2 fully saturated rings. The molecule has 10 nitrogen and oxygen atoms in total. The third-order valence-corrected chi connectivity index (χ3v) is 6.90. The largest absolute Gasteiger partial charge is 0.494 e. The fraction of sp³-hybridized carbons (Fsp3) is 0.486. The van der Waals surface area contributed by atoms with Crippen molar-refractivity contribution in [3.63, 3.8) is 0 Å². The van der Waals surface area contributed by atoms with Crippen molar-refractivity contribution >= 4 is 18.1 Å². The maximum Gasteiger partial charge on any atom is 0.224 e. The summed E-state index contributed by atoms with van der Waals surface area (Å²) in [6.07, 6.45) is 17.0. The molecule has 0 unspecified atom stereocenters. The lowest BCUT2D eigenvalue weighted by Gasteiger charge is -2.55. The van der Waals surface area contributed by atoms with Crippen LogP contribution >= 0.6 is 0 Å². The van der Waals surface area contributed by atoms with E-state index in [1.165, 1.54) is 6.33 Å². The number of methoxy groups -OCH3 is 2. The van der Waals surface area contributed by atoms with Crippen molar-refractivity contribution in [2.24, 2.45) is 11.1 Å². The molecule has 0 bridgehead atoms. The van der Waals surface area contributed by atoms with Crippen LogP contribution in [0.2, 0.25) is 0 Å². The molecule has 0 saturated carbocycles. The fourth-order valence-corrected chi connectivity index (χ4v) is 4.71. The maximum atomic E-state index is 12.3. The maximum absolute atomic E-state index is 12.3. The van der Waals surface area contributed by atoms with Gasteiger partial charge in [0.2, 0.25) is 11.8 Å². The molecular weight excluding hydrogens is 594 g/mol. The van der Waals surface area contributed by atoms with Crippen molar-refractivity contribution in [2.75, 3.05) is 47.1 Å². The van der Waals surface area contributed by atoms with Crippen LogP contribution in [0.5, 0.6) is 5.88 Å². The van der Waals surface area contributed by atoms with E-state index in [0.29, 0.717) is 49.0 Å². The molecule has 0 atom stereocenters. The van der Waals surface area contributed by atoms with Gasteiger partial charge in [0.05, 0.1) is 50.0 Å².